The van der Waals surface area contributed by atoms with Gasteiger partial charge in [0.05, 0.1) is 35.5 Å². The first kappa shape index (κ1) is 25.1. The number of nitrogens with one attached hydrogen (secondary N) is 2. The zero-order valence-electron chi connectivity index (χ0n) is 19.0. The van der Waals surface area contributed by atoms with Crippen molar-refractivity contribution >= 4 is 23.5 Å². The number of benzene rings is 2. The van der Waals surface area contributed by atoms with Crippen LogP contribution in [0.15, 0.2) is 30.3 Å². The molecule has 0 bridgehead atoms. The van der Waals surface area contributed by atoms with E-state index in [0.717, 1.165) is 0 Å². The molecule has 0 saturated carbocycles. The molecule has 2 rings (SSSR count). The molecule has 0 spiro atoms. The van der Waals surface area contributed by atoms with Gasteiger partial charge in [0, 0.05) is 23.4 Å². The van der Waals surface area contributed by atoms with E-state index in [1.165, 1.54) is 59.8 Å². The fraction of sp³-hybridized carbons (Fsp3) is 0.318. The average Bonchev–Trinajstić information content (AvgIpc) is 2.84. The molecular formula is C22H26N2O9. The number of carbonyl (C=O) groups excluding carboxylic acids is 3. The topological polar surface area (TPSA) is 131 Å². The zero-order valence-corrected chi connectivity index (χ0v) is 19.0. The summed E-state index contributed by atoms with van der Waals surface area (Å²) < 4.78 is 30.8. The van der Waals surface area contributed by atoms with Crippen molar-refractivity contribution in [2.24, 2.45) is 0 Å². The average molecular weight is 462 g/mol. The third-order valence-electron chi connectivity index (χ3n) is 4.35. The highest BCUT2D eigenvalue weighted by atomic mass is 16.5. The van der Waals surface area contributed by atoms with E-state index >= 15 is 0 Å². The summed E-state index contributed by atoms with van der Waals surface area (Å²) >= 11 is 0. The minimum atomic E-state index is -0.788. The third-order valence-corrected chi connectivity index (χ3v) is 4.35. The van der Waals surface area contributed by atoms with E-state index in [-0.39, 0.29) is 5.56 Å². The van der Waals surface area contributed by atoms with Crippen molar-refractivity contribution < 1.29 is 42.8 Å². The monoisotopic (exact) mass is 462 g/mol. The zero-order chi connectivity index (χ0) is 24.4. The molecule has 2 N–H and O–H groups in total. The van der Waals surface area contributed by atoms with Gasteiger partial charge in [0.25, 0.3) is 11.8 Å². The molecule has 0 unspecified atom stereocenters. The number of carbonyl (C=O) groups is 3. The maximum Gasteiger partial charge on any atom is 0.325 e. The van der Waals surface area contributed by atoms with Gasteiger partial charge in [-0.1, -0.05) is 0 Å². The van der Waals surface area contributed by atoms with Crippen molar-refractivity contribution in [3.8, 4) is 28.7 Å². The molecule has 0 heterocycles. The van der Waals surface area contributed by atoms with E-state index in [1.807, 2.05) is 0 Å². The molecule has 0 aromatic heterocycles. The number of rotatable bonds is 11. The Kier molecular flexibility index (Phi) is 9.16. The molecular weight excluding hydrogens is 436 g/mol. The number of amides is 2. The third kappa shape index (κ3) is 6.66. The van der Waals surface area contributed by atoms with E-state index < -0.39 is 30.9 Å². The van der Waals surface area contributed by atoms with Gasteiger partial charge >= 0.3 is 5.97 Å². The van der Waals surface area contributed by atoms with Gasteiger partial charge in [0.15, 0.2) is 29.6 Å². The number of ether oxygens (including phenoxy) is 6. The van der Waals surface area contributed by atoms with Gasteiger partial charge in [-0.2, -0.15) is 0 Å². The van der Waals surface area contributed by atoms with Gasteiger partial charge < -0.3 is 39.1 Å². The smallest absolute Gasteiger partial charge is 0.325 e. The first-order valence-corrected chi connectivity index (χ1v) is 9.62. The molecule has 0 radical (unpaired) electrons. The van der Waals surface area contributed by atoms with Crippen LogP contribution in [0, 0.1) is 0 Å². The van der Waals surface area contributed by atoms with Crippen LogP contribution in [-0.2, 0) is 14.3 Å². The largest absolute Gasteiger partial charge is 0.493 e. The predicted molar refractivity (Wildman–Crippen MR) is 118 cm³/mol. The minimum absolute atomic E-state index is 0.264. The Morgan fingerprint density at radius 3 is 1.91 bits per heavy atom. The Morgan fingerprint density at radius 2 is 1.36 bits per heavy atom. The van der Waals surface area contributed by atoms with Gasteiger partial charge in [0.1, 0.15) is 6.54 Å². The lowest BCUT2D eigenvalue weighted by Gasteiger charge is -2.14. The lowest BCUT2D eigenvalue weighted by molar-refractivity contribution is -0.146. The molecule has 178 valence electrons. The molecule has 0 aliphatic heterocycles. The predicted octanol–water partition coefficient (Wildman–Crippen LogP) is 1.64. The maximum atomic E-state index is 12.2. The van der Waals surface area contributed by atoms with Crippen molar-refractivity contribution in [1.29, 1.82) is 0 Å². The number of esters is 1. The first-order valence-electron chi connectivity index (χ1n) is 9.62. The van der Waals surface area contributed by atoms with Gasteiger partial charge in [0.2, 0.25) is 5.75 Å². The highest BCUT2D eigenvalue weighted by Crippen LogP contribution is 2.39. The van der Waals surface area contributed by atoms with Crippen LogP contribution in [0.3, 0.4) is 0 Å². The van der Waals surface area contributed by atoms with Crippen molar-refractivity contribution in [3.63, 3.8) is 0 Å². The summed E-state index contributed by atoms with van der Waals surface area (Å²) in [7, 11) is 7.27. The first-order chi connectivity index (χ1) is 15.9. The van der Waals surface area contributed by atoms with Crippen LogP contribution in [0.1, 0.15) is 10.4 Å². The van der Waals surface area contributed by atoms with Crippen molar-refractivity contribution in [1.82, 2.24) is 5.32 Å². The van der Waals surface area contributed by atoms with Crippen LogP contribution in [-0.4, -0.2) is 66.5 Å². The summed E-state index contributed by atoms with van der Waals surface area (Å²) in [4.78, 5) is 36.3. The maximum absolute atomic E-state index is 12.2. The molecule has 0 fully saturated rings. The van der Waals surface area contributed by atoms with Crippen LogP contribution in [0.5, 0.6) is 28.7 Å². The van der Waals surface area contributed by atoms with E-state index in [1.54, 1.807) is 6.07 Å². The normalized spacial score (nSPS) is 9.97. The van der Waals surface area contributed by atoms with E-state index in [2.05, 4.69) is 10.6 Å². The van der Waals surface area contributed by atoms with Crippen LogP contribution in [0.4, 0.5) is 5.69 Å². The molecule has 0 saturated heterocycles. The Bertz CT molecular complexity index is 982. The number of hydrogen-bond acceptors (Lipinski definition) is 9. The van der Waals surface area contributed by atoms with Crippen molar-refractivity contribution in [3.05, 3.63) is 35.9 Å². The number of methoxy groups -OCH3 is 5. The Balaban J connectivity index is 1.87. The van der Waals surface area contributed by atoms with Crippen LogP contribution in [0.2, 0.25) is 0 Å². The molecule has 11 heteroatoms. The summed E-state index contributed by atoms with van der Waals surface area (Å²) in [5.74, 6) is 0.00364. The summed E-state index contributed by atoms with van der Waals surface area (Å²) in [6.45, 7) is -0.980. The van der Waals surface area contributed by atoms with Gasteiger partial charge in [-0.25, -0.2) is 0 Å². The second-order valence-electron chi connectivity index (χ2n) is 6.38. The van der Waals surface area contributed by atoms with E-state index in [0.29, 0.717) is 34.4 Å². The molecule has 0 atom stereocenters. The van der Waals surface area contributed by atoms with Gasteiger partial charge in [-0.15, -0.1) is 0 Å². The molecule has 2 aromatic rings. The Labute approximate surface area is 190 Å². The summed E-state index contributed by atoms with van der Waals surface area (Å²) in [5, 5.41) is 4.98. The standard InChI is InChI=1S/C22H26N2O9/c1-28-15-7-6-13(8-16(15)29-2)22(27)23-11-20(26)33-12-19(25)24-14-9-17(30-3)21(32-5)18(10-14)31-4/h6-10H,11-12H2,1-5H3,(H,23,27)(H,24,25). The molecule has 0 aliphatic carbocycles. The fourth-order valence-corrected chi connectivity index (χ4v) is 2.78. The lowest BCUT2D eigenvalue weighted by Crippen LogP contribution is -2.32. The van der Waals surface area contributed by atoms with Crippen molar-refractivity contribution in [2.75, 3.05) is 54.0 Å². The molecule has 11 nitrogen and oxygen atoms in total. The van der Waals surface area contributed by atoms with Crippen LogP contribution < -0.4 is 34.3 Å². The minimum Gasteiger partial charge on any atom is -0.493 e. The lowest BCUT2D eigenvalue weighted by atomic mass is 10.2. The molecule has 0 aliphatic rings. The van der Waals surface area contributed by atoms with Crippen LogP contribution >= 0.6 is 0 Å². The highest BCUT2D eigenvalue weighted by Gasteiger charge is 2.16. The summed E-state index contributed by atoms with van der Waals surface area (Å²) in [5.41, 5.74) is 0.618. The van der Waals surface area contributed by atoms with E-state index in [9.17, 15) is 14.4 Å². The second kappa shape index (κ2) is 12.0. The van der Waals surface area contributed by atoms with E-state index in [4.69, 9.17) is 28.4 Å². The van der Waals surface area contributed by atoms with Gasteiger partial charge in [-0.05, 0) is 18.2 Å². The second-order valence-corrected chi connectivity index (χ2v) is 6.38. The Morgan fingerprint density at radius 1 is 0.758 bits per heavy atom. The SMILES string of the molecule is COc1ccc(C(=O)NCC(=O)OCC(=O)Nc2cc(OC)c(OC)c(OC)c2)cc1OC. The van der Waals surface area contributed by atoms with Gasteiger partial charge in [-0.3, -0.25) is 14.4 Å². The molecule has 2 aromatic carbocycles. The molecule has 2 amide bonds. The number of hydrogen-bond donors (Lipinski definition) is 2. The summed E-state index contributed by atoms with van der Waals surface area (Å²) in [6.07, 6.45) is 0. The highest BCUT2D eigenvalue weighted by molar-refractivity contribution is 5.97. The van der Waals surface area contributed by atoms with Crippen LogP contribution in [0.25, 0.3) is 0 Å². The quantitative estimate of drug-likeness (QED) is 0.479. The summed E-state index contributed by atoms with van der Waals surface area (Å²) in [6, 6.07) is 7.63. The fourth-order valence-electron chi connectivity index (χ4n) is 2.78. The Hall–Kier alpha value is -4.15. The molecule has 33 heavy (non-hydrogen) atoms. The number of anilines is 1. The van der Waals surface area contributed by atoms with Crippen molar-refractivity contribution in [2.45, 2.75) is 0 Å².